The van der Waals surface area contributed by atoms with Crippen LogP contribution in [0.25, 0.3) is 0 Å². The van der Waals surface area contributed by atoms with Crippen LogP contribution in [0.2, 0.25) is 0 Å². The van der Waals surface area contributed by atoms with E-state index in [1.807, 2.05) is 6.07 Å². The third-order valence-electron chi connectivity index (χ3n) is 3.81. The summed E-state index contributed by atoms with van der Waals surface area (Å²) in [6.45, 7) is 1.45. The van der Waals surface area contributed by atoms with Gasteiger partial charge in [0.25, 0.3) is 5.56 Å². The van der Waals surface area contributed by atoms with Crippen LogP contribution >= 0.6 is 0 Å². The van der Waals surface area contributed by atoms with Crippen LogP contribution in [0.15, 0.2) is 29.2 Å². The monoisotopic (exact) mass is 263 g/mol. The minimum atomic E-state index is -0.172. The second-order valence-electron chi connectivity index (χ2n) is 5.14. The highest BCUT2D eigenvalue weighted by Gasteiger charge is 2.23. The molecule has 2 rings (SSSR count). The first kappa shape index (κ1) is 13.8. The average molecular weight is 263 g/mol. The maximum absolute atomic E-state index is 11.5. The zero-order valence-corrected chi connectivity index (χ0v) is 11.0. The van der Waals surface area contributed by atoms with Crippen LogP contribution in [0, 0.1) is 5.92 Å². The van der Waals surface area contributed by atoms with E-state index in [0.29, 0.717) is 12.6 Å². The molecule has 0 unspecified atom stereocenters. The van der Waals surface area contributed by atoms with Gasteiger partial charge in [-0.25, -0.2) is 0 Å². The minimum absolute atomic E-state index is 0.0294. The first-order valence-electron chi connectivity index (χ1n) is 6.85. The van der Waals surface area contributed by atoms with Gasteiger partial charge < -0.3 is 15.6 Å². The fourth-order valence-corrected chi connectivity index (χ4v) is 2.62. The summed E-state index contributed by atoms with van der Waals surface area (Å²) in [6.07, 6.45) is 5.51. The lowest BCUT2D eigenvalue weighted by molar-refractivity contribution is -0.122. The van der Waals surface area contributed by atoms with Gasteiger partial charge in [-0.05, 0) is 31.7 Å². The van der Waals surface area contributed by atoms with E-state index < -0.39 is 0 Å². The maximum Gasteiger partial charge on any atom is 0.250 e. The molecule has 3 N–H and O–H groups in total. The number of hydrogen-bond donors (Lipinski definition) is 2. The van der Waals surface area contributed by atoms with Crippen molar-refractivity contribution in [3.63, 3.8) is 0 Å². The van der Waals surface area contributed by atoms with Crippen molar-refractivity contribution < 1.29 is 4.79 Å². The van der Waals surface area contributed by atoms with Crippen molar-refractivity contribution in [2.24, 2.45) is 11.7 Å². The van der Waals surface area contributed by atoms with Gasteiger partial charge in [0.2, 0.25) is 5.91 Å². The Bertz CT molecular complexity index is 476. The summed E-state index contributed by atoms with van der Waals surface area (Å²) in [4.78, 5) is 22.6. The Kier molecular flexibility index (Phi) is 4.74. The van der Waals surface area contributed by atoms with Crippen LogP contribution in [0.3, 0.4) is 0 Å². The number of rotatable bonds is 5. The molecular formula is C14H21N3O2. The summed E-state index contributed by atoms with van der Waals surface area (Å²) >= 11 is 0. The van der Waals surface area contributed by atoms with E-state index in [9.17, 15) is 9.59 Å². The van der Waals surface area contributed by atoms with Crippen molar-refractivity contribution in [1.82, 2.24) is 9.88 Å². The predicted octanol–water partition coefficient (Wildman–Crippen LogP) is 0.482. The fraction of sp³-hybridized carbons (Fsp3) is 0.571. The van der Waals surface area contributed by atoms with Gasteiger partial charge in [-0.2, -0.15) is 0 Å². The number of carbonyl (C=O) groups is 1. The van der Waals surface area contributed by atoms with E-state index in [4.69, 9.17) is 5.73 Å². The molecular weight excluding hydrogens is 242 g/mol. The SMILES string of the molecule is NC(=O)C1CCC(NCCn2ccccc2=O)CC1. The van der Waals surface area contributed by atoms with E-state index >= 15 is 0 Å². The maximum atomic E-state index is 11.5. The number of amides is 1. The van der Waals surface area contributed by atoms with Crippen LogP contribution in [0.1, 0.15) is 25.7 Å². The average Bonchev–Trinajstić information content (AvgIpc) is 2.41. The molecule has 0 bridgehead atoms. The number of nitrogens with zero attached hydrogens (tertiary/aromatic N) is 1. The Morgan fingerprint density at radius 3 is 2.68 bits per heavy atom. The third kappa shape index (κ3) is 3.92. The number of nitrogens with two attached hydrogens (primary N) is 1. The standard InChI is InChI=1S/C14H21N3O2/c15-14(19)11-4-6-12(7-5-11)16-8-10-17-9-2-1-3-13(17)18/h1-3,9,11-12,16H,4-8,10H2,(H2,15,19). The highest BCUT2D eigenvalue weighted by atomic mass is 16.1. The molecule has 1 fully saturated rings. The van der Waals surface area contributed by atoms with Crippen LogP contribution in [0.4, 0.5) is 0 Å². The molecule has 0 spiro atoms. The molecule has 5 heteroatoms. The highest BCUT2D eigenvalue weighted by molar-refractivity contribution is 5.76. The van der Waals surface area contributed by atoms with Gasteiger partial charge in [0.05, 0.1) is 0 Å². The zero-order chi connectivity index (χ0) is 13.7. The van der Waals surface area contributed by atoms with Crippen molar-refractivity contribution in [3.05, 3.63) is 34.7 Å². The smallest absolute Gasteiger partial charge is 0.250 e. The number of aromatic nitrogens is 1. The molecule has 1 amide bonds. The summed E-state index contributed by atoms with van der Waals surface area (Å²) in [5.74, 6) is -0.121. The molecule has 0 atom stereocenters. The molecule has 0 aliphatic heterocycles. The highest BCUT2D eigenvalue weighted by Crippen LogP contribution is 2.23. The summed E-state index contributed by atoms with van der Waals surface area (Å²) in [6, 6.07) is 5.62. The van der Waals surface area contributed by atoms with E-state index in [2.05, 4.69) is 5.32 Å². The van der Waals surface area contributed by atoms with Gasteiger partial charge in [0.1, 0.15) is 0 Å². The van der Waals surface area contributed by atoms with Crippen molar-refractivity contribution in [2.75, 3.05) is 6.54 Å². The normalized spacial score (nSPS) is 23.2. The van der Waals surface area contributed by atoms with E-state index in [1.54, 1.807) is 22.9 Å². The van der Waals surface area contributed by atoms with Gasteiger partial charge in [0.15, 0.2) is 0 Å². The molecule has 0 saturated heterocycles. The number of nitrogens with one attached hydrogen (secondary N) is 1. The van der Waals surface area contributed by atoms with Gasteiger partial charge in [-0.1, -0.05) is 6.07 Å². The fourth-order valence-electron chi connectivity index (χ4n) is 2.62. The van der Waals surface area contributed by atoms with Gasteiger partial charge >= 0.3 is 0 Å². The number of pyridine rings is 1. The van der Waals surface area contributed by atoms with Crippen molar-refractivity contribution in [3.8, 4) is 0 Å². The third-order valence-corrected chi connectivity index (χ3v) is 3.81. The van der Waals surface area contributed by atoms with E-state index in [-0.39, 0.29) is 17.4 Å². The Labute approximate surface area is 112 Å². The lowest BCUT2D eigenvalue weighted by Gasteiger charge is -2.27. The molecule has 104 valence electrons. The summed E-state index contributed by atoms with van der Waals surface area (Å²) in [7, 11) is 0. The molecule has 5 nitrogen and oxygen atoms in total. The van der Waals surface area contributed by atoms with Crippen LogP contribution in [0.5, 0.6) is 0 Å². The quantitative estimate of drug-likeness (QED) is 0.811. The molecule has 1 aliphatic rings. The van der Waals surface area contributed by atoms with Crippen LogP contribution in [-0.4, -0.2) is 23.1 Å². The van der Waals surface area contributed by atoms with Crippen LogP contribution < -0.4 is 16.6 Å². The molecule has 19 heavy (non-hydrogen) atoms. The van der Waals surface area contributed by atoms with Gasteiger partial charge in [0, 0.05) is 37.3 Å². The number of carbonyl (C=O) groups excluding carboxylic acids is 1. The van der Waals surface area contributed by atoms with Crippen molar-refractivity contribution >= 4 is 5.91 Å². The first-order chi connectivity index (χ1) is 9.16. The molecule has 1 heterocycles. The molecule has 1 aromatic heterocycles. The van der Waals surface area contributed by atoms with Crippen molar-refractivity contribution in [1.29, 1.82) is 0 Å². The lowest BCUT2D eigenvalue weighted by atomic mass is 9.85. The number of hydrogen-bond acceptors (Lipinski definition) is 3. The molecule has 1 aliphatic carbocycles. The Morgan fingerprint density at radius 1 is 1.32 bits per heavy atom. The predicted molar refractivity (Wildman–Crippen MR) is 73.6 cm³/mol. The Morgan fingerprint density at radius 2 is 2.05 bits per heavy atom. The summed E-state index contributed by atoms with van der Waals surface area (Å²) in [5, 5.41) is 3.44. The molecule has 1 saturated carbocycles. The largest absolute Gasteiger partial charge is 0.369 e. The Hall–Kier alpha value is -1.62. The number of primary amides is 1. The topological polar surface area (TPSA) is 77.1 Å². The second-order valence-corrected chi connectivity index (χ2v) is 5.14. The van der Waals surface area contributed by atoms with Gasteiger partial charge in [-0.3, -0.25) is 9.59 Å². The molecule has 0 radical (unpaired) electrons. The van der Waals surface area contributed by atoms with Crippen molar-refractivity contribution in [2.45, 2.75) is 38.3 Å². The first-order valence-corrected chi connectivity index (χ1v) is 6.85. The van der Waals surface area contributed by atoms with E-state index in [1.165, 1.54) is 0 Å². The van der Waals surface area contributed by atoms with Gasteiger partial charge in [-0.15, -0.1) is 0 Å². The zero-order valence-electron chi connectivity index (χ0n) is 11.0. The second kappa shape index (κ2) is 6.52. The summed E-state index contributed by atoms with van der Waals surface area (Å²) < 4.78 is 1.70. The summed E-state index contributed by atoms with van der Waals surface area (Å²) in [5.41, 5.74) is 5.34. The van der Waals surface area contributed by atoms with Crippen LogP contribution in [-0.2, 0) is 11.3 Å². The Balaban J connectivity index is 1.71. The molecule has 1 aromatic rings. The van der Waals surface area contributed by atoms with E-state index in [0.717, 1.165) is 32.2 Å². The molecule has 0 aromatic carbocycles. The minimum Gasteiger partial charge on any atom is -0.369 e. The lowest BCUT2D eigenvalue weighted by Crippen LogP contribution is -2.38.